The maximum Gasteiger partial charge on any atom is 0.325 e. The highest BCUT2D eigenvalue weighted by Gasteiger charge is 2.51. The molecule has 0 unspecified atom stereocenters. The number of hydrogen-bond acceptors (Lipinski definition) is 2. The van der Waals surface area contributed by atoms with Crippen LogP contribution in [-0.4, -0.2) is 35.5 Å². The molecular formula is C28H37N3O2. The second-order valence-corrected chi connectivity index (χ2v) is 10.4. The average molecular weight is 448 g/mol. The number of carbonyl (C=O) groups excluding carboxylic acids is 2. The Bertz CT molecular complexity index is 994. The summed E-state index contributed by atoms with van der Waals surface area (Å²) in [6, 6.07) is 14.3. The summed E-state index contributed by atoms with van der Waals surface area (Å²) in [6.07, 6.45) is 4.21. The second kappa shape index (κ2) is 9.20. The Kier molecular flexibility index (Phi) is 6.51. The first-order chi connectivity index (χ1) is 15.7. The normalized spacial score (nSPS) is 17.6. The lowest BCUT2D eigenvalue weighted by molar-refractivity contribution is -0.116. The Balaban J connectivity index is 1.57. The van der Waals surface area contributed by atoms with Crippen molar-refractivity contribution in [2.24, 2.45) is 0 Å². The SMILES string of the molecule is Cc1ccc(N2C(=O)N(CC(=O)Nc3c(C(C)C)cccc3C(C)C)CC23CCCC3)cc1. The predicted octanol–water partition coefficient (Wildman–Crippen LogP) is 6.44. The number of urea groups is 1. The average Bonchev–Trinajstić information content (AvgIpc) is 3.33. The van der Waals surface area contributed by atoms with E-state index < -0.39 is 0 Å². The number of aryl methyl sites for hydroxylation is 1. The first-order valence-electron chi connectivity index (χ1n) is 12.3. The van der Waals surface area contributed by atoms with Gasteiger partial charge < -0.3 is 10.2 Å². The molecule has 4 rings (SSSR count). The van der Waals surface area contributed by atoms with Crippen LogP contribution in [0.2, 0.25) is 0 Å². The first kappa shape index (κ1) is 23.3. The lowest BCUT2D eigenvalue weighted by Gasteiger charge is -2.33. The van der Waals surface area contributed by atoms with Crippen LogP contribution in [0.25, 0.3) is 0 Å². The van der Waals surface area contributed by atoms with Crippen LogP contribution in [0.5, 0.6) is 0 Å². The third-order valence-corrected chi connectivity index (χ3v) is 7.22. The molecule has 0 bridgehead atoms. The minimum absolute atomic E-state index is 0.0582. The van der Waals surface area contributed by atoms with Gasteiger partial charge in [0, 0.05) is 17.9 Å². The van der Waals surface area contributed by atoms with Crippen LogP contribution in [0.15, 0.2) is 42.5 Å². The van der Waals surface area contributed by atoms with Crippen molar-refractivity contribution in [2.45, 2.75) is 77.7 Å². The van der Waals surface area contributed by atoms with Crippen molar-refractivity contribution in [3.63, 3.8) is 0 Å². The van der Waals surface area contributed by atoms with Crippen LogP contribution in [-0.2, 0) is 4.79 Å². The quantitative estimate of drug-likeness (QED) is 0.554. The fraction of sp³-hybridized carbons (Fsp3) is 0.500. The zero-order chi connectivity index (χ0) is 23.8. The van der Waals surface area contributed by atoms with Crippen molar-refractivity contribution < 1.29 is 9.59 Å². The maximum atomic E-state index is 13.6. The third-order valence-electron chi connectivity index (χ3n) is 7.22. The van der Waals surface area contributed by atoms with E-state index in [1.165, 1.54) is 5.56 Å². The van der Waals surface area contributed by atoms with Crippen LogP contribution in [0.3, 0.4) is 0 Å². The number of hydrogen-bond donors (Lipinski definition) is 1. The van der Waals surface area contributed by atoms with Crippen LogP contribution in [0.4, 0.5) is 16.2 Å². The number of benzene rings is 2. The molecule has 1 saturated heterocycles. The highest BCUT2D eigenvalue weighted by atomic mass is 16.2. The van der Waals surface area contributed by atoms with Gasteiger partial charge in [0.25, 0.3) is 0 Å². The summed E-state index contributed by atoms with van der Waals surface area (Å²) >= 11 is 0. The molecule has 5 nitrogen and oxygen atoms in total. The van der Waals surface area contributed by atoms with Gasteiger partial charge in [-0.15, -0.1) is 0 Å². The van der Waals surface area contributed by atoms with Gasteiger partial charge in [0.15, 0.2) is 0 Å². The molecule has 1 spiro atoms. The number of anilines is 2. The zero-order valence-corrected chi connectivity index (χ0v) is 20.6. The summed E-state index contributed by atoms with van der Waals surface area (Å²) < 4.78 is 0. The highest BCUT2D eigenvalue weighted by Crippen LogP contribution is 2.43. The lowest BCUT2D eigenvalue weighted by atomic mass is 9.92. The summed E-state index contributed by atoms with van der Waals surface area (Å²) in [5, 5.41) is 3.18. The zero-order valence-electron chi connectivity index (χ0n) is 20.6. The van der Waals surface area contributed by atoms with E-state index >= 15 is 0 Å². The van der Waals surface area contributed by atoms with E-state index in [-0.39, 0.29) is 24.0 Å². The van der Waals surface area contributed by atoms with Gasteiger partial charge in [-0.2, -0.15) is 0 Å². The smallest absolute Gasteiger partial charge is 0.324 e. The molecule has 176 valence electrons. The van der Waals surface area contributed by atoms with Gasteiger partial charge in [0.05, 0.1) is 5.54 Å². The number of amides is 3. The van der Waals surface area contributed by atoms with Gasteiger partial charge in [0.2, 0.25) is 5.91 Å². The van der Waals surface area contributed by atoms with Gasteiger partial charge in [-0.25, -0.2) is 4.79 Å². The Labute approximate surface area is 198 Å². The van der Waals surface area contributed by atoms with Crippen molar-refractivity contribution in [2.75, 3.05) is 23.3 Å². The van der Waals surface area contributed by atoms with Crippen molar-refractivity contribution >= 4 is 23.3 Å². The maximum absolute atomic E-state index is 13.6. The standard InChI is InChI=1S/C28H37N3O2/c1-19(2)23-9-8-10-24(20(3)4)26(23)29-25(32)17-30-18-28(15-6-7-16-28)31(27(30)33)22-13-11-21(5)12-14-22/h8-14,19-20H,6-7,15-18H2,1-5H3,(H,29,32). The van der Waals surface area contributed by atoms with Crippen molar-refractivity contribution in [3.05, 3.63) is 59.2 Å². The summed E-state index contributed by atoms with van der Waals surface area (Å²) in [5.41, 5.74) is 5.08. The van der Waals surface area contributed by atoms with Crippen LogP contribution < -0.4 is 10.2 Å². The van der Waals surface area contributed by atoms with E-state index in [0.717, 1.165) is 48.2 Å². The molecule has 2 aromatic rings. The van der Waals surface area contributed by atoms with Crippen LogP contribution >= 0.6 is 0 Å². The molecule has 33 heavy (non-hydrogen) atoms. The van der Waals surface area contributed by atoms with Crippen molar-refractivity contribution in [1.82, 2.24) is 4.90 Å². The molecule has 3 amide bonds. The molecule has 5 heteroatoms. The predicted molar refractivity (Wildman–Crippen MR) is 135 cm³/mol. The number of nitrogens with one attached hydrogen (secondary N) is 1. The minimum Gasteiger partial charge on any atom is -0.324 e. The van der Waals surface area contributed by atoms with Crippen molar-refractivity contribution in [1.29, 1.82) is 0 Å². The monoisotopic (exact) mass is 447 g/mol. The highest BCUT2D eigenvalue weighted by molar-refractivity contribution is 6.01. The summed E-state index contributed by atoms with van der Waals surface area (Å²) in [6.45, 7) is 11.3. The Morgan fingerprint density at radius 3 is 2.09 bits per heavy atom. The van der Waals surface area contributed by atoms with Gasteiger partial charge in [-0.05, 0) is 54.9 Å². The number of nitrogens with zero attached hydrogens (tertiary/aromatic N) is 2. The van der Waals surface area contributed by atoms with E-state index in [0.29, 0.717) is 18.4 Å². The lowest BCUT2D eigenvalue weighted by Crippen LogP contribution is -2.45. The first-order valence-corrected chi connectivity index (χ1v) is 12.3. The molecule has 2 aromatic carbocycles. The fourth-order valence-electron chi connectivity index (χ4n) is 5.50. The topological polar surface area (TPSA) is 52.7 Å². The Hall–Kier alpha value is -2.82. The van der Waals surface area contributed by atoms with Crippen molar-refractivity contribution in [3.8, 4) is 0 Å². The molecule has 1 N–H and O–H groups in total. The fourth-order valence-corrected chi connectivity index (χ4v) is 5.50. The van der Waals surface area contributed by atoms with E-state index in [1.807, 2.05) is 17.0 Å². The van der Waals surface area contributed by atoms with E-state index in [1.54, 1.807) is 4.90 Å². The molecule has 1 heterocycles. The van der Waals surface area contributed by atoms with E-state index in [9.17, 15) is 9.59 Å². The molecule has 2 fully saturated rings. The Morgan fingerprint density at radius 2 is 1.55 bits per heavy atom. The second-order valence-electron chi connectivity index (χ2n) is 10.4. The van der Waals surface area contributed by atoms with Crippen LogP contribution in [0, 0.1) is 6.92 Å². The van der Waals surface area contributed by atoms with Gasteiger partial charge in [-0.1, -0.05) is 76.4 Å². The number of carbonyl (C=O) groups is 2. The summed E-state index contributed by atoms with van der Waals surface area (Å²) in [5.74, 6) is 0.467. The number of rotatable bonds is 6. The molecule has 1 aliphatic carbocycles. The van der Waals surface area contributed by atoms with Gasteiger partial charge in [-0.3, -0.25) is 9.69 Å². The largest absolute Gasteiger partial charge is 0.325 e. The molecule has 0 radical (unpaired) electrons. The van der Waals surface area contributed by atoms with Crippen LogP contribution in [0.1, 0.15) is 81.9 Å². The minimum atomic E-state index is -0.203. The molecule has 0 atom stereocenters. The number of para-hydroxylation sites is 1. The molecule has 2 aliphatic rings. The Morgan fingerprint density at radius 1 is 0.970 bits per heavy atom. The third kappa shape index (κ3) is 4.50. The molecule has 0 aromatic heterocycles. The summed E-state index contributed by atoms with van der Waals surface area (Å²) in [7, 11) is 0. The van der Waals surface area contributed by atoms with Gasteiger partial charge >= 0.3 is 6.03 Å². The molecule has 1 aliphatic heterocycles. The van der Waals surface area contributed by atoms with E-state index in [4.69, 9.17) is 0 Å². The van der Waals surface area contributed by atoms with Gasteiger partial charge in [0.1, 0.15) is 6.54 Å². The summed E-state index contributed by atoms with van der Waals surface area (Å²) in [4.78, 5) is 30.5. The molecule has 1 saturated carbocycles. The molecular weight excluding hydrogens is 410 g/mol. The van der Waals surface area contributed by atoms with E-state index in [2.05, 4.69) is 70.3 Å².